The highest BCUT2D eigenvalue weighted by molar-refractivity contribution is 6.42. The molecule has 5 aromatic rings. The molecule has 0 aliphatic heterocycles. The summed E-state index contributed by atoms with van der Waals surface area (Å²) in [5.41, 5.74) is 2.61. The minimum atomic E-state index is -1.48. The van der Waals surface area contributed by atoms with Gasteiger partial charge >= 0.3 is 0 Å². The highest BCUT2D eigenvalue weighted by Gasteiger charge is 2.34. The summed E-state index contributed by atoms with van der Waals surface area (Å²) in [4.78, 5) is 8.81. The first-order valence-corrected chi connectivity index (χ1v) is 11.4. The van der Waals surface area contributed by atoms with E-state index in [9.17, 15) is 5.11 Å². The highest BCUT2D eigenvalue weighted by atomic mass is 35.5. The Morgan fingerprint density at radius 2 is 1.56 bits per heavy atom. The highest BCUT2D eigenvalue weighted by Crippen LogP contribution is 2.42. The van der Waals surface area contributed by atoms with Gasteiger partial charge in [-0.15, -0.1) is 0 Å². The molecule has 0 bridgehead atoms. The van der Waals surface area contributed by atoms with Crippen LogP contribution in [-0.2, 0) is 5.60 Å². The van der Waals surface area contributed by atoms with Crippen LogP contribution in [0.5, 0.6) is 5.75 Å². The van der Waals surface area contributed by atoms with Crippen LogP contribution in [0.3, 0.4) is 0 Å². The van der Waals surface area contributed by atoms with Gasteiger partial charge in [-0.3, -0.25) is 4.98 Å². The van der Waals surface area contributed by atoms with Crippen LogP contribution in [-0.4, -0.2) is 22.2 Å². The second-order valence-electron chi connectivity index (χ2n) is 7.87. The van der Waals surface area contributed by atoms with Crippen molar-refractivity contribution in [3.63, 3.8) is 0 Å². The Kier molecular flexibility index (Phi) is 5.96. The topological polar surface area (TPSA) is 55.2 Å². The van der Waals surface area contributed by atoms with E-state index in [-0.39, 0.29) is 0 Å². The summed E-state index contributed by atoms with van der Waals surface area (Å²) in [5, 5.41) is 13.7. The van der Waals surface area contributed by atoms with Gasteiger partial charge in [-0.2, -0.15) is 0 Å². The molecule has 168 valence electrons. The zero-order chi connectivity index (χ0) is 23.7. The number of hydrogen-bond donors (Lipinski definition) is 1. The van der Waals surface area contributed by atoms with Gasteiger partial charge in [-0.25, -0.2) is 4.98 Å². The first kappa shape index (κ1) is 22.4. The lowest BCUT2D eigenvalue weighted by atomic mass is 9.80. The summed E-state index contributed by atoms with van der Waals surface area (Å²) < 4.78 is 5.30. The minimum Gasteiger partial charge on any atom is -0.497 e. The third kappa shape index (κ3) is 3.80. The van der Waals surface area contributed by atoms with Crippen molar-refractivity contribution in [1.82, 2.24) is 9.97 Å². The summed E-state index contributed by atoms with van der Waals surface area (Å²) in [6, 6.07) is 26.1. The zero-order valence-electron chi connectivity index (χ0n) is 18.2. The van der Waals surface area contributed by atoms with Gasteiger partial charge in [0.05, 0.1) is 17.6 Å². The van der Waals surface area contributed by atoms with Crippen molar-refractivity contribution in [2.75, 3.05) is 7.11 Å². The molecule has 4 nitrogen and oxygen atoms in total. The van der Waals surface area contributed by atoms with Crippen molar-refractivity contribution >= 4 is 34.1 Å². The molecule has 0 saturated carbocycles. The summed E-state index contributed by atoms with van der Waals surface area (Å²) in [6.45, 7) is 0. The first-order chi connectivity index (χ1) is 16.5. The molecule has 34 heavy (non-hydrogen) atoms. The van der Waals surface area contributed by atoms with E-state index in [4.69, 9.17) is 27.9 Å². The number of aliphatic hydroxyl groups is 1. The number of pyridine rings is 2. The number of hydrogen-bond acceptors (Lipinski definition) is 4. The van der Waals surface area contributed by atoms with Gasteiger partial charge < -0.3 is 9.84 Å². The number of nitrogens with zero attached hydrogens (tertiary/aromatic N) is 2. The van der Waals surface area contributed by atoms with Gasteiger partial charge in [0.15, 0.2) is 0 Å². The maximum atomic E-state index is 12.2. The van der Waals surface area contributed by atoms with Crippen molar-refractivity contribution in [2.45, 2.75) is 5.60 Å². The fourth-order valence-electron chi connectivity index (χ4n) is 4.18. The molecule has 1 atom stereocenters. The van der Waals surface area contributed by atoms with Crippen LogP contribution in [0.1, 0.15) is 16.7 Å². The van der Waals surface area contributed by atoms with Crippen LogP contribution >= 0.6 is 23.2 Å². The molecule has 0 amide bonds. The number of fused-ring (bicyclic) bond motifs is 1. The average molecular weight is 487 g/mol. The van der Waals surface area contributed by atoms with E-state index in [0.29, 0.717) is 49.1 Å². The first-order valence-electron chi connectivity index (χ1n) is 10.6. The summed E-state index contributed by atoms with van der Waals surface area (Å²) in [6.07, 6.45) is 3.33. The molecule has 0 radical (unpaired) electrons. The number of aromatic nitrogens is 2. The maximum absolute atomic E-state index is 12.2. The third-order valence-corrected chi connectivity index (χ3v) is 6.61. The fourth-order valence-corrected chi connectivity index (χ4v) is 4.87. The minimum absolute atomic E-state index is 0.328. The summed E-state index contributed by atoms with van der Waals surface area (Å²) >= 11 is 13.4. The van der Waals surface area contributed by atoms with Crippen molar-refractivity contribution in [3.8, 4) is 16.9 Å². The van der Waals surface area contributed by atoms with Crippen LogP contribution in [0.15, 0.2) is 97.3 Å². The fraction of sp³-hybridized carbons (Fsp3) is 0.0714. The Bertz CT molecular complexity index is 1460. The Morgan fingerprint density at radius 1 is 0.824 bits per heavy atom. The van der Waals surface area contributed by atoms with Crippen LogP contribution in [0.25, 0.3) is 22.0 Å². The van der Waals surface area contributed by atoms with Crippen molar-refractivity contribution in [3.05, 3.63) is 124 Å². The molecule has 0 aliphatic rings. The van der Waals surface area contributed by atoms with Gasteiger partial charge in [0.1, 0.15) is 16.5 Å². The number of halogens is 2. The normalized spacial score (nSPS) is 12.9. The predicted octanol–water partition coefficient (Wildman–Crippen LogP) is 6.90. The number of ether oxygens (including phenoxy) is 1. The molecule has 0 aliphatic carbocycles. The molecule has 1 N–H and O–H groups in total. The van der Waals surface area contributed by atoms with E-state index >= 15 is 0 Å². The number of rotatable bonds is 5. The molecule has 5 rings (SSSR count). The van der Waals surface area contributed by atoms with Crippen LogP contribution in [0.4, 0.5) is 0 Å². The standard InChI is InChI=1S/C28H20Cl2N2O2/c1-34-22-12-9-19(10-13-22)28(33,21-8-5-15-31-17-21)20-11-14-24-23(16-20)26(29)25(27(30)32-24)18-6-3-2-4-7-18/h2-17,33H,1H3. The van der Waals surface area contributed by atoms with Crippen molar-refractivity contribution in [1.29, 1.82) is 0 Å². The molecule has 3 aromatic carbocycles. The Labute approximate surface area is 207 Å². The lowest BCUT2D eigenvalue weighted by molar-refractivity contribution is 0.125. The monoisotopic (exact) mass is 486 g/mol. The van der Waals surface area contributed by atoms with Gasteiger partial charge in [-0.05, 0) is 47.0 Å². The van der Waals surface area contributed by atoms with E-state index in [1.54, 1.807) is 25.6 Å². The molecule has 0 saturated heterocycles. The maximum Gasteiger partial charge on any atom is 0.142 e. The SMILES string of the molecule is COc1ccc(C(O)(c2cccnc2)c2ccc3nc(Cl)c(-c4ccccc4)c(Cl)c3c2)cc1. The van der Waals surface area contributed by atoms with E-state index in [1.807, 2.05) is 78.9 Å². The summed E-state index contributed by atoms with van der Waals surface area (Å²) in [5.74, 6) is 0.699. The molecule has 0 spiro atoms. The lowest BCUT2D eigenvalue weighted by Crippen LogP contribution is -2.29. The molecule has 2 aromatic heterocycles. The number of benzene rings is 3. The molecule has 1 unspecified atom stereocenters. The third-order valence-electron chi connectivity index (χ3n) is 5.94. The van der Waals surface area contributed by atoms with Crippen molar-refractivity contribution in [2.24, 2.45) is 0 Å². The lowest BCUT2D eigenvalue weighted by Gasteiger charge is -2.30. The van der Waals surface area contributed by atoms with Crippen LogP contribution in [0, 0.1) is 0 Å². The van der Waals surface area contributed by atoms with Crippen LogP contribution in [0.2, 0.25) is 10.2 Å². The molecular formula is C28H20Cl2N2O2. The smallest absolute Gasteiger partial charge is 0.142 e. The van der Waals surface area contributed by atoms with E-state index in [0.717, 1.165) is 5.56 Å². The second kappa shape index (κ2) is 9.07. The Morgan fingerprint density at radius 3 is 2.24 bits per heavy atom. The molecular weight excluding hydrogens is 467 g/mol. The van der Waals surface area contributed by atoms with Gasteiger partial charge in [0.2, 0.25) is 0 Å². The van der Waals surface area contributed by atoms with Gasteiger partial charge in [0.25, 0.3) is 0 Å². The van der Waals surface area contributed by atoms with Gasteiger partial charge in [0, 0.05) is 28.9 Å². The van der Waals surface area contributed by atoms with E-state index in [1.165, 1.54) is 0 Å². The van der Waals surface area contributed by atoms with E-state index in [2.05, 4.69) is 9.97 Å². The second-order valence-corrected chi connectivity index (χ2v) is 8.61. The quantitative estimate of drug-likeness (QED) is 0.274. The average Bonchev–Trinajstić information content (AvgIpc) is 2.89. The number of methoxy groups -OCH3 is 1. The molecule has 0 fully saturated rings. The van der Waals surface area contributed by atoms with E-state index < -0.39 is 5.60 Å². The largest absolute Gasteiger partial charge is 0.497 e. The Balaban J connectivity index is 1.75. The Hall–Kier alpha value is -3.44. The van der Waals surface area contributed by atoms with Crippen LogP contribution < -0.4 is 4.74 Å². The van der Waals surface area contributed by atoms with Crippen molar-refractivity contribution < 1.29 is 9.84 Å². The predicted molar refractivity (Wildman–Crippen MR) is 137 cm³/mol. The molecule has 2 heterocycles. The molecule has 6 heteroatoms. The zero-order valence-corrected chi connectivity index (χ0v) is 19.8. The summed E-state index contributed by atoms with van der Waals surface area (Å²) in [7, 11) is 1.61. The van der Waals surface area contributed by atoms with Gasteiger partial charge in [-0.1, -0.05) is 77.8 Å².